The van der Waals surface area contributed by atoms with Crippen LogP contribution in [0, 0.1) is 6.92 Å². The summed E-state index contributed by atoms with van der Waals surface area (Å²) in [4.78, 5) is 13.7. The Morgan fingerprint density at radius 2 is 2.20 bits per heavy atom. The fourth-order valence-corrected chi connectivity index (χ4v) is 1.37. The van der Waals surface area contributed by atoms with E-state index in [0.717, 1.165) is 16.7 Å². The number of aromatic amines is 1. The molecule has 15 heavy (non-hydrogen) atoms. The Kier molecular flexibility index (Phi) is 3.86. The van der Waals surface area contributed by atoms with Crippen molar-refractivity contribution >= 4 is 5.57 Å². The molecular weight excluding hydrogens is 186 g/mol. The molecule has 0 aliphatic heterocycles. The summed E-state index contributed by atoms with van der Waals surface area (Å²) in [6.07, 6.45) is 9.24. The molecule has 0 saturated carbocycles. The fraction of sp³-hybridized carbons (Fsp3) is 0.154. The lowest BCUT2D eigenvalue weighted by atomic mass is 10.0. The first-order valence-corrected chi connectivity index (χ1v) is 4.81. The van der Waals surface area contributed by atoms with Gasteiger partial charge in [-0.2, -0.15) is 0 Å². The van der Waals surface area contributed by atoms with Crippen molar-refractivity contribution in [3.05, 3.63) is 64.6 Å². The zero-order valence-electron chi connectivity index (χ0n) is 9.08. The SMILES string of the molecule is C=C/C=C\C=C(/C)c1c[nH]c(=O)cc1C. The van der Waals surface area contributed by atoms with Crippen LogP contribution in [0.3, 0.4) is 0 Å². The van der Waals surface area contributed by atoms with Crippen molar-refractivity contribution < 1.29 is 0 Å². The highest BCUT2D eigenvalue weighted by atomic mass is 16.1. The van der Waals surface area contributed by atoms with E-state index >= 15 is 0 Å². The van der Waals surface area contributed by atoms with Crippen molar-refractivity contribution in [3.63, 3.8) is 0 Å². The van der Waals surface area contributed by atoms with E-state index in [-0.39, 0.29) is 5.56 Å². The lowest BCUT2D eigenvalue weighted by Gasteiger charge is -2.03. The van der Waals surface area contributed by atoms with Crippen LogP contribution in [0.25, 0.3) is 5.57 Å². The number of H-pyrrole nitrogens is 1. The van der Waals surface area contributed by atoms with Gasteiger partial charge in [-0.25, -0.2) is 0 Å². The first kappa shape index (κ1) is 11.2. The van der Waals surface area contributed by atoms with Gasteiger partial charge in [0.25, 0.3) is 0 Å². The van der Waals surface area contributed by atoms with Crippen LogP contribution in [-0.4, -0.2) is 4.98 Å². The van der Waals surface area contributed by atoms with Crippen LogP contribution in [0.4, 0.5) is 0 Å². The molecule has 0 amide bonds. The number of aryl methyl sites for hydroxylation is 1. The normalized spacial score (nSPS) is 12.0. The molecule has 2 heteroatoms. The van der Waals surface area contributed by atoms with Crippen LogP contribution in [-0.2, 0) is 0 Å². The van der Waals surface area contributed by atoms with Crippen LogP contribution in [0.2, 0.25) is 0 Å². The molecule has 1 N–H and O–H groups in total. The second kappa shape index (κ2) is 5.15. The average molecular weight is 201 g/mol. The second-order valence-electron chi connectivity index (χ2n) is 3.36. The molecule has 0 saturated heterocycles. The third-order valence-electron chi connectivity index (χ3n) is 2.15. The summed E-state index contributed by atoms with van der Waals surface area (Å²) in [5.41, 5.74) is 3.09. The molecule has 1 aromatic rings. The molecule has 1 heterocycles. The van der Waals surface area contributed by atoms with E-state index in [1.165, 1.54) is 0 Å². The third-order valence-corrected chi connectivity index (χ3v) is 2.15. The van der Waals surface area contributed by atoms with Crippen molar-refractivity contribution in [1.29, 1.82) is 0 Å². The zero-order chi connectivity index (χ0) is 11.3. The number of hydrogen-bond acceptors (Lipinski definition) is 1. The molecule has 1 aromatic heterocycles. The van der Waals surface area contributed by atoms with E-state index in [1.807, 2.05) is 32.1 Å². The first-order valence-electron chi connectivity index (χ1n) is 4.81. The molecule has 2 nitrogen and oxygen atoms in total. The molecule has 0 bridgehead atoms. The highest BCUT2D eigenvalue weighted by Gasteiger charge is 1.99. The standard InChI is InChI=1S/C13H15NO/c1-4-5-6-7-10(2)12-9-14-13(15)8-11(12)3/h4-9H,1H2,2-3H3,(H,14,15)/b6-5-,10-7+. The van der Waals surface area contributed by atoms with Crippen LogP contribution in [0.1, 0.15) is 18.1 Å². The van der Waals surface area contributed by atoms with E-state index in [1.54, 1.807) is 18.3 Å². The maximum Gasteiger partial charge on any atom is 0.248 e. The summed E-state index contributed by atoms with van der Waals surface area (Å²) in [6, 6.07) is 1.60. The molecule has 0 fully saturated rings. The van der Waals surface area contributed by atoms with E-state index < -0.39 is 0 Å². The Morgan fingerprint density at radius 1 is 1.47 bits per heavy atom. The van der Waals surface area contributed by atoms with Gasteiger partial charge in [0.15, 0.2) is 0 Å². The van der Waals surface area contributed by atoms with Gasteiger partial charge >= 0.3 is 0 Å². The molecule has 0 aliphatic rings. The summed E-state index contributed by atoms with van der Waals surface area (Å²) in [7, 11) is 0. The first-order chi connectivity index (χ1) is 7.15. The number of aromatic nitrogens is 1. The monoisotopic (exact) mass is 201 g/mol. The summed E-state index contributed by atoms with van der Waals surface area (Å²) in [5, 5.41) is 0. The van der Waals surface area contributed by atoms with Crippen molar-refractivity contribution in [2.75, 3.05) is 0 Å². The van der Waals surface area contributed by atoms with Crippen LogP contribution >= 0.6 is 0 Å². The topological polar surface area (TPSA) is 32.9 Å². The highest BCUT2D eigenvalue weighted by molar-refractivity contribution is 5.66. The Labute approximate surface area is 89.7 Å². The van der Waals surface area contributed by atoms with Crippen molar-refractivity contribution in [1.82, 2.24) is 4.98 Å². The Morgan fingerprint density at radius 3 is 2.80 bits per heavy atom. The number of nitrogens with one attached hydrogen (secondary N) is 1. The summed E-state index contributed by atoms with van der Waals surface area (Å²) in [5.74, 6) is 0. The fourth-order valence-electron chi connectivity index (χ4n) is 1.37. The van der Waals surface area contributed by atoms with Gasteiger partial charge in [-0.3, -0.25) is 4.79 Å². The van der Waals surface area contributed by atoms with Crippen molar-refractivity contribution in [2.24, 2.45) is 0 Å². The Hall–Kier alpha value is -1.83. The van der Waals surface area contributed by atoms with Crippen molar-refractivity contribution in [3.8, 4) is 0 Å². The number of allylic oxidation sites excluding steroid dienone is 5. The van der Waals surface area contributed by atoms with Crippen LogP contribution in [0.5, 0.6) is 0 Å². The maximum atomic E-state index is 11.0. The second-order valence-corrected chi connectivity index (χ2v) is 3.36. The Bertz CT molecular complexity index is 464. The van der Waals surface area contributed by atoms with Gasteiger partial charge in [-0.1, -0.05) is 30.9 Å². The number of pyridine rings is 1. The number of rotatable bonds is 3. The predicted octanol–water partition coefficient (Wildman–Crippen LogP) is 2.83. The van der Waals surface area contributed by atoms with Gasteiger partial charge in [0.05, 0.1) is 0 Å². The molecule has 1 rings (SSSR count). The van der Waals surface area contributed by atoms with Gasteiger partial charge in [0.2, 0.25) is 5.56 Å². The summed E-state index contributed by atoms with van der Waals surface area (Å²) in [6.45, 7) is 7.53. The van der Waals surface area contributed by atoms with E-state index in [2.05, 4.69) is 11.6 Å². The third kappa shape index (κ3) is 3.09. The molecule has 0 atom stereocenters. The van der Waals surface area contributed by atoms with Gasteiger partial charge in [-0.15, -0.1) is 0 Å². The van der Waals surface area contributed by atoms with Gasteiger partial charge in [0.1, 0.15) is 0 Å². The van der Waals surface area contributed by atoms with E-state index in [0.29, 0.717) is 0 Å². The largest absolute Gasteiger partial charge is 0.328 e. The van der Waals surface area contributed by atoms with Crippen LogP contribution in [0.15, 0.2) is 47.9 Å². The van der Waals surface area contributed by atoms with Gasteiger partial charge in [-0.05, 0) is 30.5 Å². The summed E-state index contributed by atoms with van der Waals surface area (Å²) >= 11 is 0. The Balaban J connectivity index is 3.05. The zero-order valence-corrected chi connectivity index (χ0v) is 9.08. The molecule has 0 spiro atoms. The molecule has 0 aliphatic carbocycles. The average Bonchev–Trinajstić information content (AvgIpc) is 2.17. The predicted molar refractivity (Wildman–Crippen MR) is 64.8 cm³/mol. The van der Waals surface area contributed by atoms with Crippen LogP contribution < -0.4 is 5.56 Å². The van der Waals surface area contributed by atoms with Gasteiger partial charge < -0.3 is 4.98 Å². The summed E-state index contributed by atoms with van der Waals surface area (Å²) < 4.78 is 0. The van der Waals surface area contributed by atoms with E-state index in [9.17, 15) is 4.79 Å². The molecule has 0 radical (unpaired) electrons. The minimum Gasteiger partial charge on any atom is -0.328 e. The molecular formula is C13H15NO. The molecule has 78 valence electrons. The quantitative estimate of drug-likeness (QED) is 0.749. The maximum absolute atomic E-state index is 11.0. The lowest BCUT2D eigenvalue weighted by molar-refractivity contribution is 1.19. The van der Waals surface area contributed by atoms with Crippen molar-refractivity contribution in [2.45, 2.75) is 13.8 Å². The molecule has 0 unspecified atom stereocenters. The smallest absolute Gasteiger partial charge is 0.248 e. The molecule has 0 aromatic carbocycles. The highest BCUT2D eigenvalue weighted by Crippen LogP contribution is 2.15. The minimum absolute atomic E-state index is 0.0642. The number of hydrogen-bond donors (Lipinski definition) is 1. The van der Waals surface area contributed by atoms with E-state index in [4.69, 9.17) is 0 Å². The minimum atomic E-state index is -0.0642. The lowest BCUT2D eigenvalue weighted by Crippen LogP contribution is -2.05. The van der Waals surface area contributed by atoms with Gasteiger partial charge in [0, 0.05) is 12.3 Å².